The van der Waals surface area contributed by atoms with Gasteiger partial charge in [-0.1, -0.05) is 48.6 Å². The van der Waals surface area contributed by atoms with Crippen LogP contribution in [0.1, 0.15) is 22.3 Å². The molecule has 0 aliphatic heterocycles. The Morgan fingerprint density at radius 2 is 0.906 bits per heavy atom. The predicted octanol–water partition coefficient (Wildman–Crippen LogP) is 7.27. The van der Waals surface area contributed by atoms with Gasteiger partial charge in [0.25, 0.3) is 0 Å². The minimum absolute atomic E-state index is 0.770. The van der Waals surface area contributed by atoms with Crippen molar-refractivity contribution in [2.45, 2.75) is 0 Å². The van der Waals surface area contributed by atoms with E-state index in [9.17, 15) is 0 Å². The molecule has 0 bridgehead atoms. The fourth-order valence-electron chi connectivity index (χ4n) is 3.05. The molecular weight excluding hydrogens is 630 g/mol. The standard InChI is InChI=1S/C26H24I2O4/c1-29-21-13-19(25(27)23(15-21)31-3)11-9-17-5-7-18(8-6-17)10-12-20-14-22(30-2)16-24(32-4)26(20)28/h5-16H,1-4H3/b11-9-,12-10-. The largest absolute Gasteiger partial charge is 0.497 e. The first-order valence-electron chi connectivity index (χ1n) is 9.78. The van der Waals surface area contributed by atoms with Crippen molar-refractivity contribution in [1.29, 1.82) is 0 Å². The number of methoxy groups -OCH3 is 4. The second-order valence-corrected chi connectivity index (χ2v) is 8.96. The average molecular weight is 654 g/mol. The zero-order valence-corrected chi connectivity index (χ0v) is 22.6. The third-order valence-electron chi connectivity index (χ3n) is 4.84. The van der Waals surface area contributed by atoms with Crippen LogP contribution in [0, 0.1) is 7.14 Å². The van der Waals surface area contributed by atoms with E-state index in [1.165, 1.54) is 0 Å². The van der Waals surface area contributed by atoms with Crippen LogP contribution in [0.5, 0.6) is 23.0 Å². The van der Waals surface area contributed by atoms with Crippen molar-refractivity contribution in [3.63, 3.8) is 0 Å². The summed E-state index contributed by atoms with van der Waals surface area (Å²) in [6.07, 6.45) is 8.31. The number of hydrogen-bond acceptors (Lipinski definition) is 4. The number of halogens is 2. The van der Waals surface area contributed by atoms with Crippen LogP contribution in [0.2, 0.25) is 0 Å². The lowest BCUT2D eigenvalue weighted by atomic mass is 10.1. The molecule has 0 aromatic heterocycles. The van der Waals surface area contributed by atoms with E-state index in [0.717, 1.165) is 52.4 Å². The molecule has 0 atom stereocenters. The third kappa shape index (κ3) is 5.98. The molecular formula is C26H24I2O4. The fourth-order valence-corrected chi connectivity index (χ4v) is 4.47. The van der Waals surface area contributed by atoms with Gasteiger partial charge in [-0.25, -0.2) is 0 Å². The maximum absolute atomic E-state index is 5.45. The Labute approximate surface area is 216 Å². The quantitative estimate of drug-likeness (QED) is 0.189. The predicted molar refractivity (Wildman–Crippen MR) is 149 cm³/mol. The number of hydrogen-bond donors (Lipinski definition) is 0. The summed E-state index contributed by atoms with van der Waals surface area (Å²) in [6.45, 7) is 0. The highest BCUT2D eigenvalue weighted by molar-refractivity contribution is 14.1. The first-order chi connectivity index (χ1) is 15.5. The highest BCUT2D eigenvalue weighted by Crippen LogP contribution is 2.32. The molecule has 0 aliphatic rings. The van der Waals surface area contributed by atoms with Crippen molar-refractivity contribution < 1.29 is 18.9 Å². The summed E-state index contributed by atoms with van der Waals surface area (Å²) in [5, 5.41) is 0. The van der Waals surface area contributed by atoms with E-state index in [2.05, 4.69) is 93.8 Å². The highest BCUT2D eigenvalue weighted by atomic mass is 127. The van der Waals surface area contributed by atoms with E-state index in [-0.39, 0.29) is 0 Å². The minimum Gasteiger partial charge on any atom is -0.497 e. The number of benzene rings is 3. The van der Waals surface area contributed by atoms with Crippen LogP contribution >= 0.6 is 45.2 Å². The monoisotopic (exact) mass is 654 g/mol. The van der Waals surface area contributed by atoms with Gasteiger partial charge in [0.15, 0.2) is 0 Å². The van der Waals surface area contributed by atoms with Crippen molar-refractivity contribution >= 4 is 69.5 Å². The van der Waals surface area contributed by atoms with Crippen molar-refractivity contribution in [2.24, 2.45) is 0 Å². The summed E-state index contributed by atoms with van der Waals surface area (Å²) >= 11 is 4.58. The molecule has 32 heavy (non-hydrogen) atoms. The van der Waals surface area contributed by atoms with Gasteiger partial charge in [-0.05, 0) is 79.6 Å². The fraction of sp³-hybridized carbons (Fsp3) is 0.154. The lowest BCUT2D eigenvalue weighted by molar-refractivity contribution is 0.392. The Balaban J connectivity index is 1.79. The summed E-state index contributed by atoms with van der Waals surface area (Å²) < 4.78 is 23.8. The normalized spacial score (nSPS) is 11.2. The number of ether oxygens (including phenoxy) is 4. The van der Waals surface area contributed by atoms with Crippen molar-refractivity contribution in [1.82, 2.24) is 0 Å². The van der Waals surface area contributed by atoms with Crippen molar-refractivity contribution in [3.8, 4) is 23.0 Å². The van der Waals surface area contributed by atoms with Crippen LogP contribution in [0.4, 0.5) is 0 Å². The maximum Gasteiger partial charge on any atom is 0.136 e. The second-order valence-electron chi connectivity index (χ2n) is 6.80. The van der Waals surface area contributed by atoms with Gasteiger partial charge in [0, 0.05) is 12.1 Å². The third-order valence-corrected chi connectivity index (χ3v) is 7.15. The Bertz CT molecular complexity index is 1050. The molecule has 0 aliphatic carbocycles. The van der Waals surface area contributed by atoms with Gasteiger partial charge in [0.1, 0.15) is 23.0 Å². The molecule has 3 aromatic carbocycles. The van der Waals surface area contributed by atoms with Crippen LogP contribution < -0.4 is 18.9 Å². The zero-order valence-electron chi connectivity index (χ0n) is 18.3. The minimum atomic E-state index is 0.770. The Morgan fingerprint density at radius 3 is 1.22 bits per heavy atom. The zero-order chi connectivity index (χ0) is 23.1. The van der Waals surface area contributed by atoms with Crippen molar-refractivity contribution in [2.75, 3.05) is 28.4 Å². The van der Waals surface area contributed by atoms with Gasteiger partial charge in [0.05, 0.1) is 35.6 Å². The Kier molecular flexibility index (Phi) is 8.86. The van der Waals surface area contributed by atoms with Crippen LogP contribution in [0.25, 0.3) is 24.3 Å². The molecule has 166 valence electrons. The van der Waals surface area contributed by atoms with Crippen LogP contribution in [0.15, 0.2) is 48.5 Å². The van der Waals surface area contributed by atoms with Gasteiger partial charge in [0.2, 0.25) is 0 Å². The molecule has 3 aromatic rings. The summed E-state index contributed by atoms with van der Waals surface area (Å²) in [6, 6.07) is 16.2. The Hall–Kier alpha value is -2.20. The molecule has 0 saturated carbocycles. The second kappa shape index (κ2) is 11.6. The lowest BCUT2D eigenvalue weighted by Gasteiger charge is -2.09. The Morgan fingerprint density at radius 1 is 0.531 bits per heavy atom. The smallest absolute Gasteiger partial charge is 0.136 e. The van der Waals surface area contributed by atoms with E-state index in [1.54, 1.807) is 28.4 Å². The van der Waals surface area contributed by atoms with Crippen LogP contribution in [-0.4, -0.2) is 28.4 Å². The van der Waals surface area contributed by atoms with Gasteiger partial charge >= 0.3 is 0 Å². The molecule has 0 saturated heterocycles. The first-order valence-corrected chi connectivity index (χ1v) is 11.9. The molecule has 0 radical (unpaired) electrons. The van der Waals surface area contributed by atoms with E-state index < -0.39 is 0 Å². The molecule has 0 amide bonds. The van der Waals surface area contributed by atoms with Gasteiger partial charge in [-0.3, -0.25) is 0 Å². The topological polar surface area (TPSA) is 36.9 Å². The van der Waals surface area contributed by atoms with E-state index in [0.29, 0.717) is 0 Å². The van der Waals surface area contributed by atoms with E-state index in [4.69, 9.17) is 18.9 Å². The molecule has 0 N–H and O–H groups in total. The van der Waals surface area contributed by atoms with E-state index in [1.807, 2.05) is 24.3 Å². The lowest BCUT2D eigenvalue weighted by Crippen LogP contribution is -1.92. The SMILES string of the molecule is COc1cc(/C=C\c2ccc(/C=C\c3cc(OC)cc(OC)c3I)cc2)c(I)c(OC)c1. The van der Waals surface area contributed by atoms with Gasteiger partial charge in [-0.2, -0.15) is 0 Å². The molecule has 3 rings (SSSR count). The van der Waals surface area contributed by atoms with Crippen LogP contribution in [-0.2, 0) is 0 Å². The molecule has 6 heteroatoms. The molecule has 4 nitrogen and oxygen atoms in total. The molecule has 0 heterocycles. The number of rotatable bonds is 8. The molecule has 0 spiro atoms. The van der Waals surface area contributed by atoms with Crippen molar-refractivity contribution in [3.05, 3.63) is 77.9 Å². The van der Waals surface area contributed by atoms with Gasteiger partial charge in [-0.15, -0.1) is 0 Å². The van der Waals surface area contributed by atoms with Gasteiger partial charge < -0.3 is 18.9 Å². The summed E-state index contributed by atoms with van der Waals surface area (Å²) in [5.74, 6) is 3.14. The van der Waals surface area contributed by atoms with Crippen LogP contribution in [0.3, 0.4) is 0 Å². The summed E-state index contributed by atoms with van der Waals surface area (Å²) in [7, 11) is 6.65. The van der Waals surface area contributed by atoms with E-state index >= 15 is 0 Å². The summed E-state index contributed by atoms with van der Waals surface area (Å²) in [4.78, 5) is 0. The highest BCUT2D eigenvalue weighted by Gasteiger charge is 2.09. The molecule has 0 fully saturated rings. The maximum atomic E-state index is 5.45. The summed E-state index contributed by atoms with van der Waals surface area (Å²) in [5.41, 5.74) is 4.31. The molecule has 0 unspecified atom stereocenters. The first kappa shape index (κ1) is 24.4. The average Bonchev–Trinajstić information content (AvgIpc) is 2.83.